The quantitative estimate of drug-likeness (QED) is 0.725. The molecule has 19 heavy (non-hydrogen) atoms. The van der Waals surface area contributed by atoms with E-state index in [1.54, 1.807) is 17.5 Å². The molecule has 0 aromatic carbocycles. The number of thiophene rings is 1. The third-order valence-corrected chi connectivity index (χ3v) is 3.68. The van der Waals surface area contributed by atoms with E-state index < -0.39 is 0 Å². The SMILES string of the molecule is OCCCCc1nc(-c2cnc3ccsc3c2)no1. The van der Waals surface area contributed by atoms with Crippen LogP contribution in [-0.2, 0) is 6.42 Å². The number of nitrogens with zero attached hydrogens (tertiary/aromatic N) is 3. The molecule has 0 aliphatic heterocycles. The molecule has 98 valence electrons. The first kappa shape index (κ1) is 12.3. The van der Waals surface area contributed by atoms with Crippen LogP contribution < -0.4 is 0 Å². The van der Waals surface area contributed by atoms with Crippen molar-refractivity contribution in [1.82, 2.24) is 15.1 Å². The lowest BCUT2D eigenvalue weighted by atomic mass is 10.2. The van der Waals surface area contributed by atoms with Crippen molar-refractivity contribution in [2.45, 2.75) is 19.3 Å². The molecule has 0 amide bonds. The fraction of sp³-hybridized carbons (Fsp3) is 0.308. The molecule has 3 rings (SSSR count). The molecule has 0 aliphatic rings. The summed E-state index contributed by atoms with van der Waals surface area (Å²) in [6.07, 6.45) is 4.06. The molecule has 0 atom stereocenters. The van der Waals surface area contributed by atoms with Crippen LogP contribution in [-0.4, -0.2) is 26.8 Å². The van der Waals surface area contributed by atoms with Crippen LogP contribution in [0.25, 0.3) is 21.6 Å². The normalized spacial score (nSPS) is 11.2. The van der Waals surface area contributed by atoms with E-state index >= 15 is 0 Å². The standard InChI is InChI=1S/C13H13N3O2S/c17-5-2-1-3-12-15-13(16-18-12)9-7-11-10(14-8-9)4-6-19-11/h4,6-8,17H,1-3,5H2. The van der Waals surface area contributed by atoms with E-state index in [9.17, 15) is 0 Å². The van der Waals surface area contributed by atoms with Gasteiger partial charge in [0, 0.05) is 24.8 Å². The summed E-state index contributed by atoms with van der Waals surface area (Å²) in [7, 11) is 0. The van der Waals surface area contributed by atoms with Gasteiger partial charge >= 0.3 is 0 Å². The maximum Gasteiger partial charge on any atom is 0.226 e. The smallest absolute Gasteiger partial charge is 0.226 e. The molecule has 0 unspecified atom stereocenters. The van der Waals surface area contributed by atoms with Gasteiger partial charge in [0.2, 0.25) is 11.7 Å². The molecule has 0 aliphatic carbocycles. The second-order valence-corrected chi connectivity index (χ2v) is 5.17. The van der Waals surface area contributed by atoms with Crippen molar-refractivity contribution < 1.29 is 9.63 Å². The molecule has 0 saturated heterocycles. The predicted octanol–water partition coefficient (Wildman–Crippen LogP) is 2.66. The maximum absolute atomic E-state index is 8.73. The van der Waals surface area contributed by atoms with Crippen LogP contribution in [0, 0.1) is 0 Å². The molecule has 0 bridgehead atoms. The number of hydrogen-bond donors (Lipinski definition) is 1. The summed E-state index contributed by atoms with van der Waals surface area (Å²) in [5.74, 6) is 1.18. The molecule has 6 heteroatoms. The van der Waals surface area contributed by atoms with Gasteiger partial charge in [0.15, 0.2) is 0 Å². The minimum atomic E-state index is 0.194. The Kier molecular flexibility index (Phi) is 3.52. The first-order valence-electron chi connectivity index (χ1n) is 6.14. The molecular weight excluding hydrogens is 262 g/mol. The highest BCUT2D eigenvalue weighted by Gasteiger charge is 2.09. The van der Waals surface area contributed by atoms with Crippen LogP contribution in [0.2, 0.25) is 0 Å². The van der Waals surface area contributed by atoms with Gasteiger partial charge < -0.3 is 9.63 Å². The second kappa shape index (κ2) is 5.46. The third kappa shape index (κ3) is 2.64. The van der Waals surface area contributed by atoms with Crippen molar-refractivity contribution in [2.75, 3.05) is 6.61 Å². The van der Waals surface area contributed by atoms with E-state index in [1.807, 2.05) is 17.5 Å². The number of aromatic nitrogens is 3. The van der Waals surface area contributed by atoms with Crippen LogP contribution in [0.15, 0.2) is 28.2 Å². The summed E-state index contributed by atoms with van der Waals surface area (Å²) in [5.41, 5.74) is 1.85. The molecule has 5 nitrogen and oxygen atoms in total. The Balaban J connectivity index is 1.81. The van der Waals surface area contributed by atoms with Gasteiger partial charge in [0.05, 0.1) is 10.2 Å². The van der Waals surface area contributed by atoms with E-state index in [0.717, 1.165) is 28.6 Å². The van der Waals surface area contributed by atoms with E-state index in [0.29, 0.717) is 18.1 Å². The van der Waals surface area contributed by atoms with E-state index in [2.05, 4.69) is 15.1 Å². The van der Waals surface area contributed by atoms with Gasteiger partial charge in [-0.1, -0.05) is 5.16 Å². The monoisotopic (exact) mass is 275 g/mol. The number of aliphatic hydroxyl groups is 1. The average Bonchev–Trinajstić information content (AvgIpc) is 3.06. The van der Waals surface area contributed by atoms with Gasteiger partial charge in [-0.3, -0.25) is 4.98 Å². The molecule has 3 aromatic rings. The lowest BCUT2D eigenvalue weighted by Crippen LogP contribution is -1.89. The number of aliphatic hydroxyl groups excluding tert-OH is 1. The first-order chi connectivity index (χ1) is 9.36. The summed E-state index contributed by atoms with van der Waals surface area (Å²) >= 11 is 1.64. The molecular formula is C13H13N3O2S. The molecule has 0 spiro atoms. The van der Waals surface area contributed by atoms with Crippen LogP contribution in [0.1, 0.15) is 18.7 Å². The Morgan fingerprint density at radius 2 is 2.26 bits per heavy atom. The molecule has 0 radical (unpaired) electrons. The number of rotatable bonds is 5. The predicted molar refractivity (Wildman–Crippen MR) is 72.9 cm³/mol. The molecule has 3 aromatic heterocycles. The zero-order valence-electron chi connectivity index (χ0n) is 10.2. The fourth-order valence-electron chi connectivity index (χ4n) is 1.83. The molecule has 1 N–H and O–H groups in total. The number of aryl methyl sites for hydroxylation is 1. The number of unbranched alkanes of at least 4 members (excludes halogenated alkanes) is 1. The summed E-state index contributed by atoms with van der Waals surface area (Å²) in [4.78, 5) is 8.71. The third-order valence-electron chi connectivity index (χ3n) is 2.83. The highest BCUT2D eigenvalue weighted by Crippen LogP contribution is 2.24. The van der Waals surface area contributed by atoms with Crippen molar-refractivity contribution in [1.29, 1.82) is 0 Å². The lowest BCUT2D eigenvalue weighted by molar-refractivity contribution is 0.281. The van der Waals surface area contributed by atoms with Crippen molar-refractivity contribution in [2.24, 2.45) is 0 Å². The zero-order chi connectivity index (χ0) is 13.1. The van der Waals surface area contributed by atoms with Crippen LogP contribution in [0.3, 0.4) is 0 Å². The van der Waals surface area contributed by atoms with Gasteiger partial charge in [-0.05, 0) is 30.4 Å². The highest BCUT2D eigenvalue weighted by molar-refractivity contribution is 7.17. The molecule has 3 heterocycles. The van der Waals surface area contributed by atoms with Gasteiger partial charge in [0.1, 0.15) is 0 Å². The number of hydrogen-bond acceptors (Lipinski definition) is 6. The summed E-state index contributed by atoms with van der Waals surface area (Å²) in [5, 5.41) is 14.7. The van der Waals surface area contributed by atoms with E-state index in [1.165, 1.54) is 0 Å². The number of pyridine rings is 1. The Morgan fingerprint density at radius 1 is 1.32 bits per heavy atom. The summed E-state index contributed by atoms with van der Waals surface area (Å²) in [6, 6.07) is 4.01. The van der Waals surface area contributed by atoms with Crippen LogP contribution in [0.5, 0.6) is 0 Å². The van der Waals surface area contributed by atoms with Crippen molar-refractivity contribution >= 4 is 21.6 Å². The second-order valence-electron chi connectivity index (χ2n) is 4.22. The molecule has 0 saturated carbocycles. The Labute approximate surface area is 113 Å². The van der Waals surface area contributed by atoms with Crippen LogP contribution >= 0.6 is 11.3 Å². The fourth-order valence-corrected chi connectivity index (χ4v) is 2.61. The Morgan fingerprint density at radius 3 is 3.16 bits per heavy atom. The van der Waals surface area contributed by atoms with E-state index in [-0.39, 0.29) is 6.61 Å². The van der Waals surface area contributed by atoms with Gasteiger partial charge in [-0.25, -0.2) is 0 Å². The molecule has 0 fully saturated rings. The lowest BCUT2D eigenvalue weighted by Gasteiger charge is -1.94. The first-order valence-corrected chi connectivity index (χ1v) is 7.02. The van der Waals surface area contributed by atoms with E-state index in [4.69, 9.17) is 9.63 Å². The van der Waals surface area contributed by atoms with Gasteiger partial charge in [0.25, 0.3) is 0 Å². The summed E-state index contributed by atoms with van der Waals surface area (Å²) in [6.45, 7) is 0.194. The van der Waals surface area contributed by atoms with Crippen molar-refractivity contribution in [3.63, 3.8) is 0 Å². The van der Waals surface area contributed by atoms with Crippen molar-refractivity contribution in [3.8, 4) is 11.4 Å². The average molecular weight is 275 g/mol. The summed E-state index contributed by atoms with van der Waals surface area (Å²) < 4.78 is 6.31. The highest BCUT2D eigenvalue weighted by atomic mass is 32.1. The largest absolute Gasteiger partial charge is 0.396 e. The Hall–Kier alpha value is -1.79. The Bertz CT molecular complexity index is 677. The maximum atomic E-state index is 8.73. The van der Waals surface area contributed by atoms with Gasteiger partial charge in [-0.2, -0.15) is 4.98 Å². The number of fused-ring (bicyclic) bond motifs is 1. The van der Waals surface area contributed by atoms with Gasteiger partial charge in [-0.15, -0.1) is 11.3 Å². The zero-order valence-corrected chi connectivity index (χ0v) is 11.1. The van der Waals surface area contributed by atoms with Crippen LogP contribution in [0.4, 0.5) is 0 Å². The van der Waals surface area contributed by atoms with Crippen molar-refractivity contribution in [3.05, 3.63) is 29.6 Å². The minimum absolute atomic E-state index is 0.194. The minimum Gasteiger partial charge on any atom is -0.396 e. The topological polar surface area (TPSA) is 72.0 Å².